The summed E-state index contributed by atoms with van der Waals surface area (Å²) in [6.45, 7) is 2.14. The molecule has 1 heterocycles. The van der Waals surface area contributed by atoms with Gasteiger partial charge < -0.3 is 5.32 Å². The van der Waals surface area contributed by atoms with Crippen LogP contribution in [0, 0.1) is 0 Å². The molecule has 1 N–H and O–H groups in total. The van der Waals surface area contributed by atoms with E-state index in [0.29, 0.717) is 0 Å². The fourth-order valence-corrected chi connectivity index (χ4v) is 3.14. The lowest BCUT2D eigenvalue weighted by Crippen LogP contribution is -1.96. The zero-order chi connectivity index (χ0) is 19.9. The molecule has 3 aromatic carbocycles. The Bertz CT molecular complexity index is 1080. The van der Waals surface area contributed by atoms with Gasteiger partial charge in [-0.3, -0.25) is 0 Å². The van der Waals surface area contributed by atoms with Crippen molar-refractivity contribution in [3.05, 3.63) is 102 Å². The minimum Gasteiger partial charge on any atom is -0.356 e. The summed E-state index contributed by atoms with van der Waals surface area (Å²) in [5.41, 5.74) is 6.46. The van der Waals surface area contributed by atoms with Gasteiger partial charge in [-0.05, 0) is 53.9 Å². The van der Waals surface area contributed by atoms with Crippen LogP contribution < -0.4 is 5.32 Å². The topological polar surface area (TPSA) is 42.7 Å². The van der Waals surface area contributed by atoms with Gasteiger partial charge in [-0.15, -0.1) is 5.10 Å². The van der Waals surface area contributed by atoms with Crippen molar-refractivity contribution in [1.29, 1.82) is 0 Å². The maximum atomic E-state index is 4.21. The van der Waals surface area contributed by atoms with Crippen molar-refractivity contribution < 1.29 is 0 Å². The standard InChI is InChI=1S/C25H24N4/c1-2-7-24-19-29(28-27-24)25-16-14-22(15-17-25)26-23-11-6-10-21(18-23)13-12-20-8-4-3-5-9-20/h3-6,8-19,26H,2,7H2,1H3/b13-12+. The van der Waals surface area contributed by atoms with Crippen molar-refractivity contribution in [2.24, 2.45) is 0 Å². The predicted octanol–water partition coefficient (Wildman–Crippen LogP) is 6.13. The number of benzene rings is 3. The first-order valence-corrected chi connectivity index (χ1v) is 9.92. The van der Waals surface area contributed by atoms with Gasteiger partial charge in [0.2, 0.25) is 0 Å². The molecular formula is C25H24N4. The quantitative estimate of drug-likeness (QED) is 0.392. The number of aromatic nitrogens is 3. The molecular weight excluding hydrogens is 356 g/mol. The molecule has 0 aliphatic rings. The molecule has 144 valence electrons. The molecule has 0 saturated carbocycles. The molecule has 29 heavy (non-hydrogen) atoms. The fraction of sp³-hybridized carbons (Fsp3) is 0.120. The van der Waals surface area contributed by atoms with Gasteiger partial charge in [0.1, 0.15) is 0 Å². The third-order valence-corrected chi connectivity index (χ3v) is 4.62. The molecule has 4 heteroatoms. The highest BCUT2D eigenvalue weighted by Crippen LogP contribution is 2.20. The summed E-state index contributed by atoms with van der Waals surface area (Å²) in [7, 11) is 0. The highest BCUT2D eigenvalue weighted by molar-refractivity contribution is 5.72. The molecule has 0 atom stereocenters. The lowest BCUT2D eigenvalue weighted by molar-refractivity contribution is 0.791. The van der Waals surface area contributed by atoms with E-state index in [4.69, 9.17) is 0 Å². The molecule has 0 amide bonds. The molecule has 1 aromatic heterocycles. The van der Waals surface area contributed by atoms with Crippen molar-refractivity contribution >= 4 is 23.5 Å². The first kappa shape index (κ1) is 18.7. The SMILES string of the molecule is CCCc1cn(-c2ccc(Nc3cccc(/C=C/c4ccccc4)c3)cc2)nn1. The summed E-state index contributed by atoms with van der Waals surface area (Å²) in [5, 5.41) is 11.9. The number of nitrogens with zero attached hydrogens (tertiary/aromatic N) is 3. The lowest BCUT2D eigenvalue weighted by atomic mass is 10.1. The Morgan fingerprint density at radius 1 is 0.828 bits per heavy atom. The molecule has 4 aromatic rings. The van der Waals surface area contributed by atoms with Gasteiger partial charge in [0, 0.05) is 11.4 Å². The number of anilines is 2. The highest BCUT2D eigenvalue weighted by atomic mass is 15.4. The van der Waals surface area contributed by atoms with Gasteiger partial charge in [0.05, 0.1) is 17.6 Å². The third-order valence-electron chi connectivity index (χ3n) is 4.62. The van der Waals surface area contributed by atoms with Crippen LogP contribution in [0.1, 0.15) is 30.2 Å². The van der Waals surface area contributed by atoms with E-state index in [1.54, 1.807) is 0 Å². The number of aryl methyl sites for hydroxylation is 1. The Hall–Kier alpha value is -3.66. The molecule has 0 spiro atoms. The van der Waals surface area contributed by atoms with E-state index in [1.807, 2.05) is 41.2 Å². The molecule has 0 saturated heterocycles. The summed E-state index contributed by atoms with van der Waals surface area (Å²) in [6.07, 6.45) is 8.27. The predicted molar refractivity (Wildman–Crippen MR) is 120 cm³/mol. The number of nitrogens with one attached hydrogen (secondary N) is 1. The van der Waals surface area contributed by atoms with Crippen LogP contribution in [0.2, 0.25) is 0 Å². The lowest BCUT2D eigenvalue weighted by Gasteiger charge is -2.08. The van der Waals surface area contributed by atoms with E-state index in [2.05, 4.69) is 83.2 Å². The molecule has 4 nitrogen and oxygen atoms in total. The van der Waals surface area contributed by atoms with E-state index in [-0.39, 0.29) is 0 Å². The molecule has 0 radical (unpaired) electrons. The molecule has 0 aliphatic heterocycles. The van der Waals surface area contributed by atoms with E-state index in [0.717, 1.165) is 41.2 Å². The van der Waals surface area contributed by atoms with E-state index in [1.165, 1.54) is 5.56 Å². The van der Waals surface area contributed by atoms with E-state index >= 15 is 0 Å². The van der Waals surface area contributed by atoms with Gasteiger partial charge in [0.15, 0.2) is 0 Å². The summed E-state index contributed by atoms with van der Waals surface area (Å²) < 4.78 is 1.82. The van der Waals surface area contributed by atoms with Gasteiger partial charge in [-0.2, -0.15) is 0 Å². The Balaban J connectivity index is 1.44. The average molecular weight is 380 g/mol. The number of rotatable bonds is 7. The van der Waals surface area contributed by atoms with Crippen molar-refractivity contribution in [2.75, 3.05) is 5.32 Å². The molecule has 0 unspecified atom stereocenters. The van der Waals surface area contributed by atoms with Gasteiger partial charge >= 0.3 is 0 Å². The largest absolute Gasteiger partial charge is 0.356 e. The average Bonchev–Trinajstić information content (AvgIpc) is 3.23. The first-order chi connectivity index (χ1) is 14.3. The minimum absolute atomic E-state index is 0.953. The van der Waals surface area contributed by atoms with Crippen LogP contribution in [0.5, 0.6) is 0 Å². The van der Waals surface area contributed by atoms with E-state index in [9.17, 15) is 0 Å². The van der Waals surface area contributed by atoms with Gasteiger partial charge in [-0.25, -0.2) is 4.68 Å². The monoisotopic (exact) mass is 380 g/mol. The van der Waals surface area contributed by atoms with Crippen molar-refractivity contribution in [2.45, 2.75) is 19.8 Å². The van der Waals surface area contributed by atoms with Crippen LogP contribution in [0.4, 0.5) is 11.4 Å². The van der Waals surface area contributed by atoms with Crippen LogP contribution in [0.25, 0.3) is 17.8 Å². The Kier molecular flexibility index (Phi) is 5.81. The summed E-state index contributed by atoms with van der Waals surface area (Å²) in [4.78, 5) is 0. The first-order valence-electron chi connectivity index (χ1n) is 9.92. The second-order valence-corrected chi connectivity index (χ2v) is 6.95. The van der Waals surface area contributed by atoms with Crippen molar-refractivity contribution in [1.82, 2.24) is 15.0 Å². The second-order valence-electron chi connectivity index (χ2n) is 6.95. The number of hydrogen-bond acceptors (Lipinski definition) is 3. The molecule has 0 fully saturated rings. The van der Waals surface area contributed by atoms with Crippen LogP contribution in [0.15, 0.2) is 85.1 Å². The maximum absolute atomic E-state index is 4.21. The van der Waals surface area contributed by atoms with Crippen molar-refractivity contribution in [3.8, 4) is 5.69 Å². The van der Waals surface area contributed by atoms with Crippen LogP contribution in [-0.4, -0.2) is 15.0 Å². The third kappa shape index (κ3) is 4.99. The summed E-state index contributed by atoms with van der Waals surface area (Å²) in [6, 6.07) is 26.9. The Labute approximate surface area is 171 Å². The van der Waals surface area contributed by atoms with Crippen LogP contribution in [-0.2, 0) is 6.42 Å². The van der Waals surface area contributed by atoms with Crippen molar-refractivity contribution in [3.63, 3.8) is 0 Å². The zero-order valence-electron chi connectivity index (χ0n) is 16.5. The highest BCUT2D eigenvalue weighted by Gasteiger charge is 2.03. The Morgan fingerprint density at radius 3 is 2.38 bits per heavy atom. The molecule has 4 rings (SSSR count). The maximum Gasteiger partial charge on any atom is 0.0831 e. The van der Waals surface area contributed by atoms with Crippen LogP contribution in [0.3, 0.4) is 0 Å². The normalized spacial score (nSPS) is 11.1. The molecule has 0 aliphatic carbocycles. The second kappa shape index (κ2) is 9.02. The zero-order valence-corrected chi connectivity index (χ0v) is 16.5. The van der Waals surface area contributed by atoms with Crippen LogP contribution >= 0.6 is 0 Å². The Morgan fingerprint density at radius 2 is 1.59 bits per heavy atom. The minimum atomic E-state index is 0.953. The number of hydrogen-bond donors (Lipinski definition) is 1. The van der Waals surface area contributed by atoms with E-state index < -0.39 is 0 Å². The summed E-state index contributed by atoms with van der Waals surface area (Å²) in [5.74, 6) is 0. The van der Waals surface area contributed by atoms with Gasteiger partial charge in [0.25, 0.3) is 0 Å². The summed E-state index contributed by atoms with van der Waals surface area (Å²) >= 11 is 0. The van der Waals surface area contributed by atoms with Gasteiger partial charge in [-0.1, -0.05) is 73.2 Å². The molecule has 0 bridgehead atoms. The fourth-order valence-electron chi connectivity index (χ4n) is 3.14. The smallest absolute Gasteiger partial charge is 0.0831 e.